The lowest BCUT2D eigenvalue weighted by atomic mass is 9.53. The van der Waals surface area contributed by atoms with E-state index in [4.69, 9.17) is 10.00 Å². The van der Waals surface area contributed by atoms with Gasteiger partial charge in [-0.1, -0.05) is 6.08 Å². The van der Waals surface area contributed by atoms with Crippen molar-refractivity contribution in [1.29, 1.82) is 5.26 Å². The normalized spacial score (nSPS) is 28.8. The topological polar surface area (TPSA) is 70.3 Å². The highest BCUT2D eigenvalue weighted by atomic mass is 16.5. The Labute approximate surface area is 83.3 Å². The molecular formula is C9H12BNO3. The van der Waals surface area contributed by atoms with Crippen LogP contribution in [0.1, 0.15) is 13.3 Å². The summed E-state index contributed by atoms with van der Waals surface area (Å²) in [7, 11) is 0. The molecule has 0 radical (unpaired) electrons. The van der Waals surface area contributed by atoms with Gasteiger partial charge in [-0.2, -0.15) is 0 Å². The molecule has 0 spiro atoms. The first-order chi connectivity index (χ1) is 6.63. The lowest BCUT2D eigenvalue weighted by molar-refractivity contribution is -0.144. The molecule has 1 rings (SSSR count). The summed E-state index contributed by atoms with van der Waals surface area (Å²) in [6.45, 7) is 4.19. The number of ether oxygens (including phenoxy) is 1. The summed E-state index contributed by atoms with van der Waals surface area (Å²) >= 11 is 0. The van der Waals surface area contributed by atoms with Gasteiger partial charge < -0.3 is 9.76 Å². The third kappa shape index (κ3) is 1.42. The molecule has 0 aromatic rings. The van der Waals surface area contributed by atoms with E-state index in [1.165, 1.54) is 0 Å². The Morgan fingerprint density at radius 3 is 3.00 bits per heavy atom. The Balaban J connectivity index is 2.81. The summed E-state index contributed by atoms with van der Waals surface area (Å²) in [5, 5.41) is 17.0. The van der Waals surface area contributed by atoms with Crippen LogP contribution in [0.5, 0.6) is 0 Å². The van der Waals surface area contributed by atoms with E-state index >= 15 is 0 Å². The largest absolute Gasteiger partial charge is 0.466 e. The van der Waals surface area contributed by atoms with Crippen LogP contribution in [-0.2, 0) is 9.53 Å². The molecule has 0 amide bonds. The summed E-state index contributed by atoms with van der Waals surface area (Å²) in [6.07, 6.45) is 2.03. The van der Waals surface area contributed by atoms with Crippen molar-refractivity contribution < 1.29 is 14.6 Å². The van der Waals surface area contributed by atoms with E-state index in [0.29, 0.717) is 6.42 Å². The molecule has 1 saturated carbocycles. The second kappa shape index (κ2) is 3.85. The van der Waals surface area contributed by atoms with Gasteiger partial charge in [-0.05, 0) is 19.3 Å². The van der Waals surface area contributed by atoms with Crippen LogP contribution in [0.4, 0.5) is 0 Å². The van der Waals surface area contributed by atoms with E-state index in [0.717, 1.165) is 0 Å². The van der Waals surface area contributed by atoms with Crippen LogP contribution in [0.2, 0.25) is 5.31 Å². The zero-order valence-electron chi connectivity index (χ0n) is 8.06. The minimum absolute atomic E-state index is 0.142. The number of esters is 1. The van der Waals surface area contributed by atoms with Gasteiger partial charge in [0.15, 0.2) is 0 Å². The van der Waals surface area contributed by atoms with Gasteiger partial charge in [-0.15, -0.1) is 6.58 Å². The molecular weight excluding hydrogens is 181 g/mol. The molecule has 0 saturated heterocycles. The molecule has 0 aliphatic heterocycles. The molecule has 1 aliphatic rings. The summed E-state index contributed by atoms with van der Waals surface area (Å²) in [4.78, 5) is 11.5. The smallest absolute Gasteiger partial charge is 0.429 e. The predicted molar refractivity (Wildman–Crippen MR) is 51.2 cm³/mol. The van der Waals surface area contributed by atoms with Crippen LogP contribution >= 0.6 is 0 Å². The van der Waals surface area contributed by atoms with Crippen molar-refractivity contribution in [2.24, 2.45) is 5.92 Å². The predicted octanol–water partition coefficient (Wildman–Crippen LogP) is 0.542. The molecule has 0 aromatic heterocycles. The Morgan fingerprint density at radius 2 is 2.64 bits per heavy atom. The Bertz CT molecular complexity index is 299. The van der Waals surface area contributed by atoms with Gasteiger partial charge in [0.05, 0.1) is 11.9 Å². The van der Waals surface area contributed by atoms with E-state index in [-0.39, 0.29) is 12.5 Å². The highest BCUT2D eigenvalue weighted by molar-refractivity contribution is 6.68. The number of nitrogens with zero attached hydrogens (tertiary/aromatic N) is 1. The van der Waals surface area contributed by atoms with Crippen LogP contribution in [-0.4, -0.2) is 24.5 Å². The van der Waals surface area contributed by atoms with E-state index < -0.39 is 18.2 Å². The standard InChI is InChI=1S/C9H12BNO3/c1-3-7-5-9(7,10(13)6-11)8(12)14-4-2/h3,7,13H,1,4-5H2,2H3. The Morgan fingerprint density at radius 1 is 2.00 bits per heavy atom. The zero-order valence-corrected chi connectivity index (χ0v) is 8.06. The number of rotatable bonds is 4. The molecule has 4 nitrogen and oxygen atoms in total. The minimum atomic E-state index is -1.30. The molecule has 14 heavy (non-hydrogen) atoms. The van der Waals surface area contributed by atoms with Gasteiger partial charge in [0.1, 0.15) is 0 Å². The van der Waals surface area contributed by atoms with E-state index in [1.54, 1.807) is 19.0 Å². The lowest BCUT2D eigenvalue weighted by Crippen LogP contribution is -2.31. The van der Waals surface area contributed by atoms with Crippen molar-refractivity contribution in [3.63, 3.8) is 0 Å². The van der Waals surface area contributed by atoms with Crippen molar-refractivity contribution in [2.75, 3.05) is 6.61 Å². The second-order valence-electron chi connectivity index (χ2n) is 3.34. The van der Waals surface area contributed by atoms with Gasteiger partial charge in [0.2, 0.25) is 0 Å². The summed E-state index contributed by atoms with van der Waals surface area (Å²) < 4.78 is 4.83. The fourth-order valence-electron chi connectivity index (χ4n) is 1.64. The molecule has 5 heteroatoms. The van der Waals surface area contributed by atoms with Crippen molar-refractivity contribution >= 4 is 12.9 Å². The first-order valence-corrected chi connectivity index (χ1v) is 4.51. The summed E-state index contributed by atoms with van der Waals surface area (Å²) in [5.74, 6) is 1.03. The van der Waals surface area contributed by atoms with Crippen molar-refractivity contribution in [2.45, 2.75) is 18.7 Å². The number of hydrogen-bond acceptors (Lipinski definition) is 4. The van der Waals surface area contributed by atoms with Crippen molar-refractivity contribution in [3.8, 4) is 5.97 Å². The SMILES string of the molecule is C=CC1CC1(B(O)C#N)C(=O)OCC. The van der Waals surface area contributed by atoms with Gasteiger partial charge in [0.25, 0.3) is 0 Å². The fraction of sp³-hybridized carbons (Fsp3) is 0.556. The molecule has 2 atom stereocenters. The maximum Gasteiger partial charge on any atom is 0.429 e. The average Bonchev–Trinajstić information content (AvgIpc) is 2.92. The first kappa shape index (κ1) is 10.8. The molecule has 74 valence electrons. The molecule has 1 fully saturated rings. The van der Waals surface area contributed by atoms with E-state index in [1.807, 2.05) is 0 Å². The highest BCUT2D eigenvalue weighted by Crippen LogP contribution is 2.62. The summed E-state index contributed by atoms with van der Waals surface area (Å²) in [6, 6.07) is 0. The van der Waals surface area contributed by atoms with Gasteiger partial charge in [-0.3, -0.25) is 4.79 Å². The monoisotopic (exact) mass is 193 g/mol. The van der Waals surface area contributed by atoms with Gasteiger partial charge >= 0.3 is 12.9 Å². The molecule has 1 N–H and O–H groups in total. The lowest BCUT2D eigenvalue weighted by Gasteiger charge is -2.12. The zero-order chi connectivity index (χ0) is 10.8. The molecule has 0 heterocycles. The fourth-order valence-corrected chi connectivity index (χ4v) is 1.64. The van der Waals surface area contributed by atoms with Gasteiger partial charge in [-0.25, -0.2) is 5.26 Å². The van der Waals surface area contributed by atoms with Gasteiger partial charge in [0, 0.05) is 5.97 Å². The van der Waals surface area contributed by atoms with E-state index in [9.17, 15) is 9.82 Å². The van der Waals surface area contributed by atoms with Crippen LogP contribution in [0.3, 0.4) is 0 Å². The quantitative estimate of drug-likeness (QED) is 0.401. The van der Waals surface area contributed by atoms with Crippen LogP contribution in [0.25, 0.3) is 0 Å². The van der Waals surface area contributed by atoms with Crippen LogP contribution < -0.4 is 0 Å². The number of allylic oxidation sites excluding steroid dienone is 1. The molecule has 2 unspecified atom stereocenters. The number of nitriles is 1. The highest BCUT2D eigenvalue weighted by Gasteiger charge is 2.67. The average molecular weight is 193 g/mol. The molecule has 1 aliphatic carbocycles. The number of hydrogen-bond donors (Lipinski definition) is 1. The molecule has 0 bridgehead atoms. The second-order valence-corrected chi connectivity index (χ2v) is 3.34. The van der Waals surface area contributed by atoms with Crippen LogP contribution in [0.15, 0.2) is 12.7 Å². The first-order valence-electron chi connectivity index (χ1n) is 4.51. The van der Waals surface area contributed by atoms with Crippen LogP contribution in [0, 0.1) is 17.1 Å². The Kier molecular flexibility index (Phi) is 2.97. The maximum absolute atomic E-state index is 11.5. The minimum Gasteiger partial charge on any atom is -0.466 e. The van der Waals surface area contributed by atoms with Crippen molar-refractivity contribution in [1.82, 2.24) is 0 Å². The third-order valence-electron chi connectivity index (χ3n) is 2.61. The maximum atomic E-state index is 11.5. The Hall–Kier alpha value is -1.28. The number of carbonyl (C=O) groups excluding carboxylic acids is 1. The third-order valence-corrected chi connectivity index (χ3v) is 2.61. The summed E-state index contributed by atoms with van der Waals surface area (Å²) in [5.41, 5.74) is 0. The van der Waals surface area contributed by atoms with E-state index in [2.05, 4.69) is 6.58 Å². The van der Waals surface area contributed by atoms with Crippen molar-refractivity contribution in [3.05, 3.63) is 12.7 Å². The molecule has 0 aromatic carbocycles. The number of carbonyl (C=O) groups is 1.